The fourth-order valence-corrected chi connectivity index (χ4v) is 2.33. The van der Waals surface area contributed by atoms with Crippen LogP contribution < -0.4 is 15.4 Å². The number of amides is 1. The van der Waals surface area contributed by atoms with E-state index in [9.17, 15) is 4.79 Å². The number of carbonyl (C=O) groups is 1. The molecule has 0 aliphatic heterocycles. The van der Waals surface area contributed by atoms with Crippen molar-refractivity contribution in [1.29, 1.82) is 0 Å². The molecule has 1 aliphatic rings. The lowest BCUT2D eigenvalue weighted by Crippen LogP contribution is -2.27. The van der Waals surface area contributed by atoms with E-state index in [1.54, 1.807) is 0 Å². The van der Waals surface area contributed by atoms with Crippen molar-refractivity contribution in [3.05, 3.63) is 29.8 Å². The van der Waals surface area contributed by atoms with Crippen molar-refractivity contribution < 1.29 is 9.53 Å². The van der Waals surface area contributed by atoms with Crippen molar-refractivity contribution in [1.82, 2.24) is 10.6 Å². The van der Waals surface area contributed by atoms with Crippen LogP contribution in [-0.2, 0) is 4.79 Å². The third-order valence-electron chi connectivity index (χ3n) is 3.66. The molecule has 1 saturated carbocycles. The molecule has 1 aliphatic carbocycles. The minimum Gasteiger partial charge on any atom is -0.494 e. The molecule has 1 aromatic carbocycles. The molecule has 4 nitrogen and oxygen atoms in total. The smallest absolute Gasteiger partial charge is 0.220 e. The quantitative estimate of drug-likeness (QED) is 0.688. The highest BCUT2D eigenvalue weighted by molar-refractivity contribution is 5.76. The second kappa shape index (κ2) is 8.03. The lowest BCUT2D eigenvalue weighted by Gasteiger charge is -2.17. The zero-order chi connectivity index (χ0) is 15.1. The summed E-state index contributed by atoms with van der Waals surface area (Å²) in [6.07, 6.45) is 3.76. The van der Waals surface area contributed by atoms with Crippen LogP contribution in [0.5, 0.6) is 5.75 Å². The predicted molar refractivity (Wildman–Crippen MR) is 84.4 cm³/mol. The van der Waals surface area contributed by atoms with E-state index in [4.69, 9.17) is 4.74 Å². The van der Waals surface area contributed by atoms with Gasteiger partial charge < -0.3 is 15.4 Å². The van der Waals surface area contributed by atoms with Crippen molar-refractivity contribution in [3.63, 3.8) is 0 Å². The summed E-state index contributed by atoms with van der Waals surface area (Å²) in [7, 11) is 0. The number of nitrogens with one attached hydrogen (secondary N) is 2. The van der Waals surface area contributed by atoms with Crippen LogP contribution in [0.3, 0.4) is 0 Å². The summed E-state index contributed by atoms with van der Waals surface area (Å²) in [5.41, 5.74) is 1.17. The van der Waals surface area contributed by atoms with Gasteiger partial charge in [-0.05, 0) is 45.7 Å². The van der Waals surface area contributed by atoms with Gasteiger partial charge in [-0.3, -0.25) is 4.79 Å². The van der Waals surface area contributed by atoms with E-state index in [-0.39, 0.29) is 11.9 Å². The molecule has 0 heterocycles. The first-order valence-corrected chi connectivity index (χ1v) is 7.95. The van der Waals surface area contributed by atoms with E-state index >= 15 is 0 Å². The van der Waals surface area contributed by atoms with E-state index in [0.717, 1.165) is 31.6 Å². The Labute approximate surface area is 127 Å². The first-order chi connectivity index (χ1) is 10.2. The number of ether oxygens (including phenoxy) is 1. The normalized spacial score (nSPS) is 15.5. The third kappa shape index (κ3) is 5.38. The highest BCUT2D eigenvalue weighted by Crippen LogP contribution is 2.24. The highest BCUT2D eigenvalue weighted by atomic mass is 16.5. The highest BCUT2D eigenvalue weighted by Gasteiger charge is 2.22. The maximum atomic E-state index is 11.6. The Balaban J connectivity index is 1.71. The van der Waals surface area contributed by atoms with Gasteiger partial charge in [-0.15, -0.1) is 0 Å². The maximum absolute atomic E-state index is 11.6. The molecule has 116 valence electrons. The van der Waals surface area contributed by atoms with Crippen molar-refractivity contribution >= 4 is 5.91 Å². The molecular formula is C17H26N2O2. The molecule has 2 N–H and O–H groups in total. The van der Waals surface area contributed by atoms with Crippen molar-refractivity contribution in [2.45, 2.75) is 51.6 Å². The van der Waals surface area contributed by atoms with E-state index in [1.165, 1.54) is 5.56 Å². The van der Waals surface area contributed by atoms with Crippen molar-refractivity contribution in [2.24, 2.45) is 0 Å². The predicted octanol–water partition coefficient (Wildman–Crippen LogP) is 2.79. The largest absolute Gasteiger partial charge is 0.494 e. The zero-order valence-electron chi connectivity index (χ0n) is 13.0. The summed E-state index contributed by atoms with van der Waals surface area (Å²) < 4.78 is 5.65. The summed E-state index contributed by atoms with van der Waals surface area (Å²) in [5.74, 6) is 1.12. The molecule has 21 heavy (non-hydrogen) atoms. The molecule has 1 aromatic rings. The molecular weight excluding hydrogens is 264 g/mol. The Morgan fingerprint density at radius 1 is 1.38 bits per heavy atom. The summed E-state index contributed by atoms with van der Waals surface area (Å²) in [5, 5.41) is 6.47. The summed E-state index contributed by atoms with van der Waals surface area (Å²) >= 11 is 0. The van der Waals surface area contributed by atoms with Gasteiger partial charge in [-0.2, -0.15) is 0 Å². The Hall–Kier alpha value is -1.55. The van der Waals surface area contributed by atoms with Crippen LogP contribution >= 0.6 is 0 Å². The van der Waals surface area contributed by atoms with Crippen LogP contribution in [0, 0.1) is 0 Å². The average Bonchev–Trinajstić information content (AvgIpc) is 3.28. The Bertz CT molecular complexity index is 458. The fourth-order valence-electron chi connectivity index (χ4n) is 2.33. The molecule has 0 spiro atoms. The molecule has 2 rings (SSSR count). The van der Waals surface area contributed by atoms with Gasteiger partial charge in [0.15, 0.2) is 0 Å². The minimum absolute atomic E-state index is 0.182. The van der Waals surface area contributed by atoms with Gasteiger partial charge >= 0.3 is 0 Å². The number of para-hydroxylation sites is 1. The van der Waals surface area contributed by atoms with Gasteiger partial charge in [-0.1, -0.05) is 18.2 Å². The standard InChI is InChI=1S/C17H26N2O2/c1-3-21-16-8-5-4-7-15(16)13(2)18-12-6-9-17(20)19-14-10-11-14/h4-5,7-8,13-14,18H,3,6,9-12H2,1-2H3,(H,19,20). The molecule has 1 amide bonds. The van der Waals surface area contributed by atoms with Crippen LogP contribution in [0.4, 0.5) is 0 Å². The van der Waals surface area contributed by atoms with Gasteiger partial charge in [-0.25, -0.2) is 0 Å². The average molecular weight is 290 g/mol. The van der Waals surface area contributed by atoms with Crippen molar-refractivity contribution in [2.75, 3.05) is 13.2 Å². The summed E-state index contributed by atoms with van der Waals surface area (Å²) in [6, 6.07) is 8.78. The fraction of sp³-hybridized carbons (Fsp3) is 0.588. The molecule has 1 fully saturated rings. The second-order valence-corrected chi connectivity index (χ2v) is 5.59. The van der Waals surface area contributed by atoms with Crippen LogP contribution in [-0.4, -0.2) is 25.1 Å². The number of hydrogen-bond donors (Lipinski definition) is 2. The van der Waals surface area contributed by atoms with Gasteiger partial charge in [0.25, 0.3) is 0 Å². The number of rotatable bonds is 9. The van der Waals surface area contributed by atoms with Crippen molar-refractivity contribution in [3.8, 4) is 5.75 Å². The molecule has 1 unspecified atom stereocenters. The first-order valence-electron chi connectivity index (χ1n) is 7.95. The summed E-state index contributed by atoms with van der Waals surface area (Å²) in [6.45, 7) is 5.63. The number of carbonyl (C=O) groups excluding carboxylic acids is 1. The second-order valence-electron chi connectivity index (χ2n) is 5.59. The molecule has 0 aromatic heterocycles. The molecule has 0 bridgehead atoms. The zero-order valence-corrected chi connectivity index (χ0v) is 13.0. The molecule has 1 atom stereocenters. The van der Waals surface area contributed by atoms with Gasteiger partial charge in [0.2, 0.25) is 5.91 Å². The number of hydrogen-bond acceptors (Lipinski definition) is 3. The molecule has 4 heteroatoms. The van der Waals surface area contributed by atoms with Gasteiger partial charge in [0, 0.05) is 24.1 Å². The van der Waals surface area contributed by atoms with E-state index in [1.807, 2.05) is 25.1 Å². The third-order valence-corrected chi connectivity index (χ3v) is 3.66. The van der Waals surface area contributed by atoms with E-state index in [2.05, 4.69) is 23.6 Å². The van der Waals surface area contributed by atoms with E-state index in [0.29, 0.717) is 19.1 Å². The van der Waals surface area contributed by atoms with Gasteiger partial charge in [0.1, 0.15) is 5.75 Å². The van der Waals surface area contributed by atoms with Crippen LogP contribution in [0.25, 0.3) is 0 Å². The SMILES string of the molecule is CCOc1ccccc1C(C)NCCCC(=O)NC1CC1. The molecule has 0 radical (unpaired) electrons. The monoisotopic (exact) mass is 290 g/mol. The maximum Gasteiger partial charge on any atom is 0.220 e. The Morgan fingerprint density at radius 3 is 2.86 bits per heavy atom. The van der Waals surface area contributed by atoms with Gasteiger partial charge in [0.05, 0.1) is 6.61 Å². The minimum atomic E-state index is 0.182. The Kier molecular flexibility index (Phi) is 6.05. The molecule has 0 saturated heterocycles. The summed E-state index contributed by atoms with van der Waals surface area (Å²) in [4.78, 5) is 11.6. The lowest BCUT2D eigenvalue weighted by molar-refractivity contribution is -0.121. The van der Waals surface area contributed by atoms with Crippen LogP contribution in [0.15, 0.2) is 24.3 Å². The van der Waals surface area contributed by atoms with Crippen LogP contribution in [0.2, 0.25) is 0 Å². The van der Waals surface area contributed by atoms with E-state index < -0.39 is 0 Å². The van der Waals surface area contributed by atoms with Crippen LogP contribution in [0.1, 0.15) is 51.1 Å². The topological polar surface area (TPSA) is 50.4 Å². The Morgan fingerprint density at radius 2 is 2.14 bits per heavy atom. The first kappa shape index (κ1) is 15.8. The number of benzene rings is 1. The lowest BCUT2D eigenvalue weighted by atomic mass is 10.1.